The number of rotatable bonds is 6. The number of ether oxygens (including phenoxy) is 4. The van der Waals surface area contributed by atoms with Crippen LogP contribution in [0, 0.1) is 34.5 Å². The van der Waals surface area contributed by atoms with Crippen LogP contribution >= 0.6 is 0 Å². The summed E-state index contributed by atoms with van der Waals surface area (Å²) in [5.41, 5.74) is 3.12. The van der Waals surface area contributed by atoms with Crippen molar-refractivity contribution in [2.45, 2.75) is 24.7 Å². The van der Waals surface area contributed by atoms with Gasteiger partial charge in [-0.25, -0.2) is 0 Å². The van der Waals surface area contributed by atoms with Gasteiger partial charge in [-0.3, -0.25) is 0 Å². The molecule has 0 aliphatic heterocycles. The molecule has 0 radical (unpaired) electrons. The Morgan fingerprint density at radius 3 is 1.58 bits per heavy atom. The van der Waals surface area contributed by atoms with Crippen molar-refractivity contribution in [1.29, 1.82) is 0 Å². The Kier molecular flexibility index (Phi) is 4.21. The standard InChI is InChI=1S/C32H34O4/c1-33-15-31-19-9-10-20(13-19)32(31,16-34-2)28-24-14-23(27(28)31)25-26(24)30(36-4)22-12-18-8-6-5-7-17(18)11-21(22)29(25)35-3/h5-12,19-20,23-24,27-28H,13-16H2,1-4H3/t19-,20+,23-,24+,27-,28+,31+,32-. The van der Waals surface area contributed by atoms with Crippen LogP contribution in [0.4, 0.5) is 0 Å². The lowest BCUT2D eigenvalue weighted by Crippen LogP contribution is -2.71. The summed E-state index contributed by atoms with van der Waals surface area (Å²) >= 11 is 0. The summed E-state index contributed by atoms with van der Waals surface area (Å²) in [5, 5.41) is 4.82. The maximum atomic E-state index is 6.29. The zero-order valence-electron chi connectivity index (χ0n) is 21.5. The summed E-state index contributed by atoms with van der Waals surface area (Å²) in [6.07, 6.45) is 7.44. The molecule has 3 saturated carbocycles. The topological polar surface area (TPSA) is 36.9 Å². The van der Waals surface area contributed by atoms with Gasteiger partial charge in [-0.05, 0) is 71.3 Å². The highest BCUT2D eigenvalue weighted by Gasteiger charge is 2.85. The van der Waals surface area contributed by atoms with E-state index >= 15 is 0 Å². The molecule has 4 bridgehead atoms. The lowest BCUT2D eigenvalue weighted by Gasteiger charge is -2.71. The van der Waals surface area contributed by atoms with Gasteiger partial charge in [0.15, 0.2) is 0 Å². The van der Waals surface area contributed by atoms with Crippen LogP contribution in [0.3, 0.4) is 0 Å². The van der Waals surface area contributed by atoms with Crippen LogP contribution in [0.1, 0.15) is 35.8 Å². The van der Waals surface area contributed by atoms with Crippen molar-refractivity contribution in [3.05, 3.63) is 59.7 Å². The Balaban J connectivity index is 1.41. The third-order valence-electron chi connectivity index (χ3n) is 11.3. The van der Waals surface area contributed by atoms with E-state index in [9.17, 15) is 0 Å². The molecule has 0 aromatic heterocycles. The van der Waals surface area contributed by atoms with E-state index in [1.165, 1.54) is 45.5 Å². The summed E-state index contributed by atoms with van der Waals surface area (Å²) in [6.45, 7) is 1.64. The largest absolute Gasteiger partial charge is 0.496 e. The van der Waals surface area contributed by atoms with Crippen molar-refractivity contribution in [2.24, 2.45) is 34.5 Å². The van der Waals surface area contributed by atoms with Crippen LogP contribution in [-0.2, 0) is 9.47 Å². The smallest absolute Gasteiger partial charge is 0.130 e. The van der Waals surface area contributed by atoms with Crippen LogP contribution in [-0.4, -0.2) is 41.7 Å². The van der Waals surface area contributed by atoms with E-state index in [0.29, 0.717) is 35.5 Å². The third-order valence-corrected chi connectivity index (χ3v) is 11.3. The molecule has 0 spiro atoms. The number of hydrogen-bond donors (Lipinski definition) is 0. The summed E-state index contributed by atoms with van der Waals surface area (Å²) in [6, 6.07) is 13.2. The predicted octanol–water partition coefficient (Wildman–Crippen LogP) is 6.31. The van der Waals surface area contributed by atoms with Gasteiger partial charge in [-0.2, -0.15) is 0 Å². The maximum absolute atomic E-state index is 6.29. The van der Waals surface area contributed by atoms with Gasteiger partial charge in [-0.1, -0.05) is 36.4 Å². The number of benzene rings is 3. The van der Waals surface area contributed by atoms with Crippen LogP contribution < -0.4 is 9.47 Å². The Bertz CT molecular complexity index is 1350. The Morgan fingerprint density at radius 2 is 1.17 bits per heavy atom. The zero-order valence-corrected chi connectivity index (χ0v) is 21.5. The highest BCUT2D eigenvalue weighted by Crippen LogP contribution is 2.88. The molecule has 4 nitrogen and oxygen atoms in total. The second-order valence-corrected chi connectivity index (χ2v) is 11.9. The van der Waals surface area contributed by atoms with Crippen molar-refractivity contribution in [3.63, 3.8) is 0 Å². The van der Waals surface area contributed by atoms with E-state index in [1.807, 2.05) is 28.4 Å². The lowest BCUT2D eigenvalue weighted by molar-refractivity contribution is -0.258. The van der Waals surface area contributed by atoms with Gasteiger partial charge in [0, 0.05) is 46.9 Å². The fourth-order valence-electron chi connectivity index (χ4n) is 10.7. The molecular formula is C32H34O4. The molecule has 3 aromatic rings. The minimum absolute atomic E-state index is 0.148. The minimum Gasteiger partial charge on any atom is -0.496 e. The molecule has 0 unspecified atom stereocenters. The van der Waals surface area contributed by atoms with Crippen LogP contribution in [0.15, 0.2) is 48.6 Å². The molecule has 3 aromatic carbocycles. The number of hydrogen-bond acceptors (Lipinski definition) is 4. The van der Waals surface area contributed by atoms with Crippen LogP contribution in [0.25, 0.3) is 21.5 Å². The van der Waals surface area contributed by atoms with Gasteiger partial charge in [0.2, 0.25) is 0 Å². The molecule has 0 saturated heterocycles. The predicted molar refractivity (Wildman–Crippen MR) is 141 cm³/mol. The molecule has 8 atom stereocenters. The first-order chi connectivity index (χ1) is 17.7. The Labute approximate surface area is 212 Å². The molecule has 8 rings (SSSR count). The van der Waals surface area contributed by atoms with Crippen molar-refractivity contribution < 1.29 is 18.9 Å². The van der Waals surface area contributed by atoms with Crippen molar-refractivity contribution >= 4 is 21.5 Å². The van der Waals surface area contributed by atoms with Crippen molar-refractivity contribution in [3.8, 4) is 11.5 Å². The van der Waals surface area contributed by atoms with E-state index in [0.717, 1.165) is 24.7 Å². The normalized spacial score (nSPS) is 38.3. The highest BCUT2D eigenvalue weighted by atomic mass is 16.5. The summed E-state index contributed by atoms with van der Waals surface area (Å²) in [4.78, 5) is 0. The third kappa shape index (κ3) is 2.08. The first-order valence-corrected chi connectivity index (χ1v) is 13.4. The monoisotopic (exact) mass is 482 g/mol. The number of fused-ring (bicyclic) bond motifs is 17. The first-order valence-electron chi connectivity index (χ1n) is 13.4. The van der Waals surface area contributed by atoms with Crippen molar-refractivity contribution in [1.82, 2.24) is 0 Å². The number of methoxy groups -OCH3 is 4. The van der Waals surface area contributed by atoms with E-state index < -0.39 is 0 Å². The molecule has 186 valence electrons. The van der Waals surface area contributed by atoms with E-state index in [-0.39, 0.29) is 10.8 Å². The van der Waals surface area contributed by atoms with Gasteiger partial charge in [0.1, 0.15) is 11.5 Å². The fraction of sp³-hybridized carbons (Fsp3) is 0.500. The second-order valence-electron chi connectivity index (χ2n) is 11.9. The molecular weight excluding hydrogens is 448 g/mol. The SMILES string of the molecule is COC[C@@]12[C@@H]3[C@@H]([C@@H]4C[C@H]3c3c4c(OC)c4cc5ccccc5cc4c3OC)[C@]1(COC)[C@@H]1C=C[C@H]2C1. The summed E-state index contributed by atoms with van der Waals surface area (Å²) in [7, 11) is 7.47. The summed E-state index contributed by atoms with van der Waals surface area (Å²) in [5.74, 6) is 5.44. The van der Waals surface area contributed by atoms with Gasteiger partial charge in [-0.15, -0.1) is 0 Å². The molecule has 5 aliphatic rings. The van der Waals surface area contributed by atoms with Crippen LogP contribution in [0.5, 0.6) is 11.5 Å². The minimum atomic E-state index is 0.148. The average Bonchev–Trinajstić information content (AvgIpc) is 3.64. The highest BCUT2D eigenvalue weighted by molar-refractivity contribution is 6.05. The molecule has 36 heavy (non-hydrogen) atoms. The van der Waals surface area contributed by atoms with Crippen molar-refractivity contribution in [2.75, 3.05) is 41.7 Å². The molecule has 5 aliphatic carbocycles. The van der Waals surface area contributed by atoms with E-state index in [4.69, 9.17) is 18.9 Å². The lowest BCUT2D eigenvalue weighted by atomic mass is 9.32. The molecule has 0 amide bonds. The van der Waals surface area contributed by atoms with Gasteiger partial charge >= 0.3 is 0 Å². The fourth-order valence-corrected chi connectivity index (χ4v) is 10.7. The van der Waals surface area contributed by atoms with Gasteiger partial charge < -0.3 is 18.9 Å². The molecule has 0 heterocycles. The second kappa shape index (κ2) is 7.05. The number of allylic oxidation sites excluding steroid dienone is 2. The van der Waals surface area contributed by atoms with E-state index in [2.05, 4.69) is 48.6 Å². The Hall–Kier alpha value is -2.56. The quantitative estimate of drug-likeness (QED) is 0.234. The first kappa shape index (κ1) is 21.5. The Morgan fingerprint density at radius 1 is 0.694 bits per heavy atom. The van der Waals surface area contributed by atoms with Gasteiger partial charge in [0.05, 0.1) is 27.4 Å². The molecule has 0 N–H and O–H groups in total. The van der Waals surface area contributed by atoms with E-state index in [1.54, 1.807) is 0 Å². The zero-order chi connectivity index (χ0) is 24.4. The van der Waals surface area contributed by atoms with Gasteiger partial charge in [0.25, 0.3) is 0 Å². The summed E-state index contributed by atoms with van der Waals surface area (Å²) < 4.78 is 24.7. The molecule has 3 fully saturated rings. The maximum Gasteiger partial charge on any atom is 0.130 e. The molecule has 4 heteroatoms. The van der Waals surface area contributed by atoms with Crippen LogP contribution in [0.2, 0.25) is 0 Å². The average molecular weight is 483 g/mol.